The number of carbonyl (C=O) groups excluding carboxylic acids is 1. The van der Waals surface area contributed by atoms with Crippen LogP contribution >= 0.6 is 0 Å². The van der Waals surface area contributed by atoms with E-state index in [4.69, 9.17) is 5.73 Å². The Hall–Kier alpha value is 0.170. The Balaban J connectivity index is -0.000000126. The minimum Gasteiger partial charge on any atom is -0.550 e. The molecule has 0 saturated carbocycles. The van der Waals surface area contributed by atoms with Gasteiger partial charge in [-0.25, -0.2) is 0 Å². The molecule has 78 valence electrons. The van der Waals surface area contributed by atoms with Crippen LogP contribution in [0.2, 0.25) is 0 Å². The third kappa shape index (κ3) is 49.2. The van der Waals surface area contributed by atoms with Gasteiger partial charge in [0.1, 0.15) is 0 Å². The second kappa shape index (κ2) is 7.80. The zero-order valence-corrected chi connectivity index (χ0v) is 9.75. The van der Waals surface area contributed by atoms with Crippen LogP contribution in [0.3, 0.4) is 0 Å². The van der Waals surface area contributed by atoms with Gasteiger partial charge in [0, 0.05) is 11.5 Å². The van der Waals surface area contributed by atoms with Crippen molar-refractivity contribution in [2.24, 2.45) is 11.7 Å². The number of aliphatic carboxylic acids is 1. The van der Waals surface area contributed by atoms with Crippen LogP contribution < -0.4 is 10.8 Å². The predicted octanol–water partition coefficient (Wildman–Crippen LogP) is 0.133. The fourth-order valence-corrected chi connectivity index (χ4v) is 0. The number of nitrogens with two attached hydrogens (primary N) is 1. The molecule has 12 heavy (non-hydrogen) atoms. The summed E-state index contributed by atoms with van der Waals surface area (Å²) in [5.74, 6) is -1.33. The van der Waals surface area contributed by atoms with Crippen LogP contribution in [-0.2, 0) is 27.2 Å². The molecule has 3 nitrogen and oxygen atoms in total. The smallest absolute Gasteiger partial charge is 0.550 e. The molecule has 0 aromatic carbocycles. The molecular weight excluding hydrogens is 250 g/mol. The Bertz CT molecular complexity index is 113. The first-order valence-corrected chi connectivity index (χ1v) is 3.64. The molecule has 0 aromatic heterocycles. The Kier molecular flexibility index (Phi) is 11.7. The summed E-state index contributed by atoms with van der Waals surface area (Å²) >= 11 is 0. The van der Waals surface area contributed by atoms with Gasteiger partial charge in [0.15, 0.2) is 0 Å². The zero-order chi connectivity index (χ0) is 9.65. The minimum atomic E-state index is -0.991. The van der Waals surface area contributed by atoms with E-state index in [1.54, 1.807) is 13.8 Å². The summed E-state index contributed by atoms with van der Waals surface area (Å²) in [5.41, 5.74) is 5.35. The van der Waals surface area contributed by atoms with Crippen LogP contribution in [0, 0.1) is 5.92 Å². The first kappa shape index (κ1) is 18.1. The van der Waals surface area contributed by atoms with Crippen molar-refractivity contribution in [3.05, 3.63) is 0 Å². The standard InChI is InChI=1S/C4H11N.C4H8O2.Ag/c1-4(2,3)5;1-3(2)4(5)6;/h5H2,1-3H3;3H,1-2H3,(H,5,6);/q;;+1/p-1. The fourth-order valence-electron chi connectivity index (χ4n) is 0. The van der Waals surface area contributed by atoms with Crippen LogP contribution in [-0.4, -0.2) is 11.5 Å². The van der Waals surface area contributed by atoms with Crippen LogP contribution in [0.5, 0.6) is 0 Å². The molecule has 0 radical (unpaired) electrons. The van der Waals surface area contributed by atoms with Crippen molar-refractivity contribution in [1.82, 2.24) is 0 Å². The number of carboxylic acid groups (broad SMARTS) is 1. The topological polar surface area (TPSA) is 66.2 Å². The molecule has 0 rings (SSSR count). The van der Waals surface area contributed by atoms with Gasteiger partial charge in [0.2, 0.25) is 0 Å². The van der Waals surface area contributed by atoms with Crippen molar-refractivity contribution in [3.8, 4) is 0 Å². The average Bonchev–Trinajstić information content (AvgIpc) is 1.59. The van der Waals surface area contributed by atoms with E-state index in [-0.39, 0.29) is 33.8 Å². The summed E-state index contributed by atoms with van der Waals surface area (Å²) in [6, 6.07) is 0. The summed E-state index contributed by atoms with van der Waals surface area (Å²) < 4.78 is 0. The first-order chi connectivity index (χ1) is 4.64. The number of hydrogen-bond acceptors (Lipinski definition) is 3. The third-order valence-corrected chi connectivity index (χ3v) is 0.471. The van der Waals surface area contributed by atoms with Crippen molar-refractivity contribution in [2.75, 3.05) is 0 Å². The van der Waals surface area contributed by atoms with E-state index in [2.05, 4.69) is 0 Å². The molecule has 0 aromatic rings. The molecule has 0 aliphatic rings. The Morgan fingerprint density at radius 2 is 1.42 bits per heavy atom. The van der Waals surface area contributed by atoms with E-state index in [1.165, 1.54) is 0 Å². The molecule has 4 heteroatoms. The summed E-state index contributed by atoms with van der Waals surface area (Å²) in [6.07, 6.45) is 0. The van der Waals surface area contributed by atoms with E-state index < -0.39 is 5.97 Å². The molecule has 0 fully saturated rings. The van der Waals surface area contributed by atoms with E-state index >= 15 is 0 Å². The van der Waals surface area contributed by atoms with Gasteiger partial charge in [-0.3, -0.25) is 0 Å². The summed E-state index contributed by atoms with van der Waals surface area (Å²) in [6.45, 7) is 9.05. The number of hydrogen-bond donors (Lipinski definition) is 1. The van der Waals surface area contributed by atoms with Crippen molar-refractivity contribution in [1.29, 1.82) is 0 Å². The molecule has 0 spiro atoms. The van der Waals surface area contributed by atoms with E-state index in [0.717, 1.165) is 0 Å². The zero-order valence-electron chi connectivity index (χ0n) is 8.27. The number of carbonyl (C=O) groups is 1. The molecule has 0 unspecified atom stereocenters. The van der Waals surface area contributed by atoms with Crippen LogP contribution in [0.1, 0.15) is 34.6 Å². The molecule has 0 aliphatic carbocycles. The number of rotatable bonds is 1. The van der Waals surface area contributed by atoms with Crippen LogP contribution in [0.15, 0.2) is 0 Å². The molecular formula is C8H18AgNO2. The molecule has 0 saturated heterocycles. The van der Waals surface area contributed by atoms with Crippen molar-refractivity contribution in [3.63, 3.8) is 0 Å². The van der Waals surface area contributed by atoms with Gasteiger partial charge in [-0.05, 0) is 26.7 Å². The second-order valence-electron chi connectivity index (χ2n) is 3.84. The van der Waals surface area contributed by atoms with Gasteiger partial charge in [-0.15, -0.1) is 0 Å². The maximum atomic E-state index is 9.59. The van der Waals surface area contributed by atoms with Crippen molar-refractivity contribution < 1.29 is 32.3 Å². The van der Waals surface area contributed by atoms with Crippen molar-refractivity contribution >= 4 is 5.97 Å². The van der Waals surface area contributed by atoms with Gasteiger partial charge in [0.05, 0.1) is 0 Å². The molecule has 2 N–H and O–H groups in total. The Morgan fingerprint density at radius 1 is 1.33 bits per heavy atom. The molecule has 0 amide bonds. The van der Waals surface area contributed by atoms with Gasteiger partial charge in [-0.1, -0.05) is 13.8 Å². The summed E-state index contributed by atoms with van der Waals surface area (Å²) in [4.78, 5) is 9.59. The largest absolute Gasteiger partial charge is 1.00 e. The molecule has 0 heterocycles. The summed E-state index contributed by atoms with van der Waals surface area (Å²) in [7, 11) is 0. The minimum absolute atomic E-state index is 0. The van der Waals surface area contributed by atoms with Crippen LogP contribution in [0.4, 0.5) is 0 Å². The Labute approximate surface area is 90.2 Å². The van der Waals surface area contributed by atoms with E-state index in [0.29, 0.717) is 0 Å². The molecule has 0 aliphatic heterocycles. The first-order valence-electron chi connectivity index (χ1n) is 3.64. The Morgan fingerprint density at radius 3 is 1.42 bits per heavy atom. The maximum Gasteiger partial charge on any atom is 1.00 e. The quantitative estimate of drug-likeness (QED) is 0.687. The average molecular weight is 268 g/mol. The molecule has 0 atom stereocenters. The fraction of sp³-hybridized carbons (Fsp3) is 0.875. The predicted molar refractivity (Wildman–Crippen MR) is 43.8 cm³/mol. The molecule has 0 bridgehead atoms. The monoisotopic (exact) mass is 267 g/mol. The van der Waals surface area contributed by atoms with Crippen LogP contribution in [0.25, 0.3) is 0 Å². The summed E-state index contributed by atoms with van der Waals surface area (Å²) in [5, 5.41) is 9.59. The van der Waals surface area contributed by atoms with E-state index in [1.807, 2.05) is 20.8 Å². The second-order valence-corrected chi connectivity index (χ2v) is 3.84. The van der Waals surface area contributed by atoms with Gasteiger partial charge >= 0.3 is 22.4 Å². The van der Waals surface area contributed by atoms with Crippen molar-refractivity contribution in [2.45, 2.75) is 40.2 Å². The number of carboxylic acids is 1. The third-order valence-electron chi connectivity index (χ3n) is 0.471. The van der Waals surface area contributed by atoms with Gasteiger partial charge in [-0.2, -0.15) is 0 Å². The van der Waals surface area contributed by atoms with E-state index in [9.17, 15) is 9.90 Å². The van der Waals surface area contributed by atoms with Gasteiger partial charge < -0.3 is 15.6 Å². The maximum absolute atomic E-state index is 9.59. The van der Waals surface area contributed by atoms with Gasteiger partial charge in [0.25, 0.3) is 0 Å². The SMILES string of the molecule is CC(C)(C)N.CC(C)C(=O)[O-].[Ag+]. The normalized spacial score (nSPS) is 9.58.